The van der Waals surface area contributed by atoms with E-state index < -0.39 is 0 Å². The predicted octanol–water partition coefficient (Wildman–Crippen LogP) is 1.96. The van der Waals surface area contributed by atoms with Crippen molar-refractivity contribution < 1.29 is 14.1 Å². The Morgan fingerprint density at radius 3 is 2.66 bits per heavy atom. The van der Waals surface area contributed by atoms with Crippen molar-refractivity contribution in [3.63, 3.8) is 0 Å². The lowest BCUT2D eigenvalue weighted by molar-refractivity contribution is -0.883. The van der Waals surface area contributed by atoms with E-state index in [0.717, 1.165) is 42.6 Å². The lowest BCUT2D eigenvalue weighted by Gasteiger charge is -2.32. The van der Waals surface area contributed by atoms with Crippen LogP contribution in [-0.2, 0) is 4.79 Å². The molecule has 3 rings (SSSR count). The average Bonchev–Trinajstić information content (AvgIpc) is 2.99. The molecule has 1 saturated heterocycles. The number of quaternary nitrogens is 1. The van der Waals surface area contributed by atoms with E-state index in [1.165, 1.54) is 16.7 Å². The summed E-state index contributed by atoms with van der Waals surface area (Å²) in [7, 11) is 2.19. The molecule has 8 heteroatoms. The number of carbonyl (C=O) groups is 1. The Morgan fingerprint density at radius 1 is 1.31 bits per heavy atom. The van der Waals surface area contributed by atoms with Crippen molar-refractivity contribution in [2.75, 3.05) is 44.3 Å². The first kappa shape index (κ1) is 21.0. The van der Waals surface area contributed by atoms with Crippen LogP contribution in [0.2, 0.25) is 0 Å². The second kappa shape index (κ2) is 9.63. The largest absolute Gasteiger partial charge is 0.444 e. The number of nitrogens with one attached hydrogen (secondary N) is 2. The van der Waals surface area contributed by atoms with E-state index in [0.29, 0.717) is 11.3 Å². The van der Waals surface area contributed by atoms with Gasteiger partial charge in [0.15, 0.2) is 5.17 Å². The number of hydrogen-bond acceptors (Lipinski definition) is 5. The number of likely N-dealkylation sites (N-methyl/N-ethyl adjacent to an activating group) is 1. The number of aliphatic imine (C=N–C) groups is 1. The minimum atomic E-state index is -0.222. The van der Waals surface area contributed by atoms with Crippen LogP contribution in [0.5, 0.6) is 0 Å². The van der Waals surface area contributed by atoms with E-state index >= 15 is 0 Å². The maximum absolute atomic E-state index is 12.5. The highest BCUT2D eigenvalue weighted by Gasteiger charge is 2.22. The number of carbonyl (C=O) groups excluding carboxylic acids is 1. The lowest BCUT2D eigenvalue weighted by atomic mass is 10.2. The van der Waals surface area contributed by atoms with E-state index in [9.17, 15) is 10.1 Å². The molecule has 0 unspecified atom stereocenters. The van der Waals surface area contributed by atoms with Crippen LogP contribution in [0.25, 0.3) is 0 Å². The van der Waals surface area contributed by atoms with E-state index in [1.807, 2.05) is 37.3 Å². The minimum Gasteiger partial charge on any atom is -0.444 e. The maximum Gasteiger partial charge on any atom is 0.237 e. The Morgan fingerprint density at radius 2 is 2.00 bits per heavy atom. The number of thioether (sulfide) groups is 1. The van der Waals surface area contributed by atoms with Crippen LogP contribution < -0.4 is 10.2 Å². The number of furan rings is 1. The average molecular weight is 413 g/mol. The third-order valence-electron chi connectivity index (χ3n) is 4.95. The summed E-state index contributed by atoms with van der Waals surface area (Å²) >= 11 is 1.41. The first-order chi connectivity index (χ1) is 14.0. The molecule has 29 heavy (non-hydrogen) atoms. The van der Waals surface area contributed by atoms with E-state index in [-0.39, 0.29) is 17.5 Å². The first-order valence-electron chi connectivity index (χ1n) is 9.60. The van der Waals surface area contributed by atoms with E-state index in [1.54, 1.807) is 6.92 Å². The molecule has 7 nitrogen and oxygen atoms in total. The number of amidine groups is 1. The third kappa shape index (κ3) is 5.40. The predicted molar refractivity (Wildman–Crippen MR) is 116 cm³/mol. The van der Waals surface area contributed by atoms with Gasteiger partial charge in [0.1, 0.15) is 17.4 Å². The Balaban J connectivity index is 1.70. The second-order valence-corrected chi connectivity index (χ2v) is 8.05. The van der Waals surface area contributed by atoms with Gasteiger partial charge in [-0.15, -0.1) is 0 Å². The van der Waals surface area contributed by atoms with Gasteiger partial charge in [-0.2, -0.15) is 5.26 Å². The van der Waals surface area contributed by atoms with Gasteiger partial charge in [0.25, 0.3) is 0 Å². The maximum atomic E-state index is 12.5. The molecule has 1 aromatic heterocycles. The molecule has 2 aromatic rings. The molecule has 2 heterocycles. The molecule has 0 spiro atoms. The molecule has 0 radical (unpaired) electrons. The summed E-state index contributed by atoms with van der Waals surface area (Å²) in [6, 6.07) is 11.9. The van der Waals surface area contributed by atoms with Crippen LogP contribution in [0.3, 0.4) is 0 Å². The number of para-hydroxylation sites is 1. The van der Waals surface area contributed by atoms with Crippen molar-refractivity contribution in [3.8, 4) is 6.07 Å². The van der Waals surface area contributed by atoms with Crippen LogP contribution in [0.4, 0.5) is 11.6 Å². The molecular weight excluding hydrogens is 386 g/mol. The summed E-state index contributed by atoms with van der Waals surface area (Å²) in [4.78, 5) is 21.0. The van der Waals surface area contributed by atoms with Crippen molar-refractivity contribution >= 4 is 34.4 Å². The summed E-state index contributed by atoms with van der Waals surface area (Å²) in [6.07, 6.45) is 0. The molecular formula is C21H26N5O2S+. The Kier molecular flexibility index (Phi) is 6.96. The fraction of sp³-hybridized carbons (Fsp3) is 0.381. The highest BCUT2D eigenvalue weighted by atomic mass is 32.2. The fourth-order valence-electron chi connectivity index (χ4n) is 3.03. The SMILES string of the molecule is Cc1oc(NC(=O)CSC(=Nc2ccccc2)N2CC[NH+](C)CC2)c(C#N)c1C. The Hall–Kier alpha value is -2.76. The van der Waals surface area contributed by atoms with Crippen molar-refractivity contribution in [1.82, 2.24) is 4.90 Å². The monoisotopic (exact) mass is 412 g/mol. The summed E-state index contributed by atoms with van der Waals surface area (Å²) in [5, 5.41) is 12.9. The van der Waals surface area contributed by atoms with Crippen LogP contribution in [0.1, 0.15) is 16.9 Å². The van der Waals surface area contributed by atoms with E-state index in [4.69, 9.17) is 9.41 Å². The van der Waals surface area contributed by atoms with Gasteiger partial charge in [0.2, 0.25) is 11.8 Å². The van der Waals surface area contributed by atoms with Crippen molar-refractivity contribution in [1.29, 1.82) is 5.26 Å². The van der Waals surface area contributed by atoms with Crippen LogP contribution in [0, 0.1) is 25.2 Å². The molecule has 1 aromatic carbocycles. The molecule has 1 aliphatic heterocycles. The van der Waals surface area contributed by atoms with Crippen LogP contribution in [0.15, 0.2) is 39.7 Å². The molecule has 0 bridgehead atoms. The molecule has 0 atom stereocenters. The number of anilines is 1. The smallest absolute Gasteiger partial charge is 0.237 e. The number of nitrogens with zero attached hydrogens (tertiary/aromatic N) is 3. The molecule has 1 amide bonds. The topological polar surface area (TPSA) is 86.1 Å². The normalized spacial score (nSPS) is 15.2. The van der Waals surface area contributed by atoms with Gasteiger partial charge in [-0.05, 0) is 26.0 Å². The fourth-order valence-corrected chi connectivity index (χ4v) is 3.90. The van der Waals surface area contributed by atoms with Crippen molar-refractivity contribution in [2.45, 2.75) is 13.8 Å². The van der Waals surface area contributed by atoms with Crippen molar-refractivity contribution in [2.24, 2.45) is 4.99 Å². The highest BCUT2D eigenvalue weighted by molar-refractivity contribution is 8.14. The molecule has 0 aliphatic carbocycles. The minimum absolute atomic E-state index is 0.189. The highest BCUT2D eigenvalue weighted by Crippen LogP contribution is 2.25. The van der Waals surface area contributed by atoms with Crippen LogP contribution >= 0.6 is 11.8 Å². The zero-order valence-electron chi connectivity index (χ0n) is 17.0. The standard InChI is InChI=1S/C21H25N5O2S/c1-15-16(2)28-20(18(15)13-22)24-19(27)14-29-21(23-17-7-5-4-6-8-17)26-11-9-25(3)10-12-26/h4-8H,9-12,14H2,1-3H3,(H,24,27)/p+1. The molecule has 1 fully saturated rings. The summed E-state index contributed by atoms with van der Waals surface area (Å²) in [6.45, 7) is 7.47. The Labute approximate surface area is 175 Å². The summed E-state index contributed by atoms with van der Waals surface area (Å²) < 4.78 is 5.53. The number of amides is 1. The number of rotatable bonds is 4. The number of hydrogen-bond donors (Lipinski definition) is 2. The zero-order chi connectivity index (χ0) is 20.8. The summed E-state index contributed by atoms with van der Waals surface area (Å²) in [5.41, 5.74) is 1.99. The number of aryl methyl sites for hydroxylation is 1. The number of piperazine rings is 1. The van der Waals surface area contributed by atoms with Gasteiger partial charge in [-0.1, -0.05) is 30.0 Å². The number of nitriles is 1. The summed E-state index contributed by atoms with van der Waals surface area (Å²) in [5.74, 6) is 0.823. The van der Waals surface area contributed by atoms with E-state index in [2.05, 4.69) is 23.3 Å². The van der Waals surface area contributed by atoms with Gasteiger partial charge in [-0.3, -0.25) is 10.1 Å². The van der Waals surface area contributed by atoms with Gasteiger partial charge < -0.3 is 14.2 Å². The zero-order valence-corrected chi connectivity index (χ0v) is 17.8. The quantitative estimate of drug-likeness (QED) is 0.592. The van der Waals surface area contributed by atoms with Crippen LogP contribution in [-0.4, -0.2) is 55.0 Å². The molecule has 2 N–H and O–H groups in total. The molecule has 1 aliphatic rings. The molecule has 0 saturated carbocycles. The lowest BCUT2D eigenvalue weighted by Crippen LogP contribution is -3.12. The van der Waals surface area contributed by atoms with Gasteiger partial charge in [0.05, 0.1) is 44.7 Å². The first-order valence-corrected chi connectivity index (χ1v) is 10.6. The van der Waals surface area contributed by atoms with Gasteiger partial charge >= 0.3 is 0 Å². The second-order valence-electron chi connectivity index (χ2n) is 7.11. The van der Waals surface area contributed by atoms with Crippen molar-refractivity contribution in [3.05, 3.63) is 47.2 Å². The third-order valence-corrected chi connectivity index (χ3v) is 5.97. The van der Waals surface area contributed by atoms with Gasteiger partial charge in [-0.25, -0.2) is 4.99 Å². The number of benzene rings is 1. The molecule has 152 valence electrons. The Bertz CT molecular complexity index is 925. The van der Waals surface area contributed by atoms with Gasteiger partial charge in [0, 0.05) is 5.56 Å².